The number of benzene rings is 2. The van der Waals surface area contributed by atoms with Crippen molar-refractivity contribution >= 4 is 22.8 Å². The first kappa shape index (κ1) is 14.1. The molecule has 1 N–H and O–H groups in total. The number of nitrogens with zero attached hydrogens (tertiary/aromatic N) is 2. The lowest BCUT2D eigenvalue weighted by Crippen LogP contribution is -1.95. The van der Waals surface area contributed by atoms with E-state index in [9.17, 15) is 0 Å². The topological polar surface area (TPSA) is 46.5 Å². The van der Waals surface area contributed by atoms with Crippen molar-refractivity contribution in [2.75, 3.05) is 12.5 Å². The van der Waals surface area contributed by atoms with Crippen molar-refractivity contribution in [3.05, 3.63) is 65.9 Å². The molecule has 110 valence electrons. The number of nitrogens with one attached hydrogen (secondary N) is 1. The molecule has 4 heteroatoms. The summed E-state index contributed by atoms with van der Waals surface area (Å²) >= 11 is 0. The smallest absolute Gasteiger partial charge is 0.119 e. The van der Waals surface area contributed by atoms with Crippen LogP contribution in [0.4, 0.5) is 5.69 Å². The first-order valence-electron chi connectivity index (χ1n) is 7.06. The molecule has 0 amide bonds. The Kier molecular flexibility index (Phi) is 4.01. The third-order valence-electron chi connectivity index (χ3n) is 3.34. The number of anilines is 1. The monoisotopic (exact) mass is 291 g/mol. The van der Waals surface area contributed by atoms with Crippen LogP contribution in [0.15, 0.2) is 59.7 Å². The molecule has 0 aliphatic carbocycles. The zero-order valence-electron chi connectivity index (χ0n) is 12.6. The Morgan fingerprint density at radius 1 is 1.09 bits per heavy atom. The first-order chi connectivity index (χ1) is 10.8. The molecule has 0 saturated heterocycles. The Balaban J connectivity index is 1.85. The van der Waals surface area contributed by atoms with Crippen LogP contribution in [0.2, 0.25) is 0 Å². The third kappa shape index (κ3) is 3.06. The lowest BCUT2D eigenvalue weighted by molar-refractivity contribution is 0.415. The average Bonchev–Trinajstić information content (AvgIpc) is 2.55. The van der Waals surface area contributed by atoms with Crippen molar-refractivity contribution in [2.24, 2.45) is 5.10 Å². The fourth-order valence-corrected chi connectivity index (χ4v) is 2.30. The van der Waals surface area contributed by atoms with Crippen LogP contribution in [0.3, 0.4) is 0 Å². The van der Waals surface area contributed by atoms with E-state index in [0.29, 0.717) is 0 Å². The first-order valence-corrected chi connectivity index (χ1v) is 7.06. The van der Waals surface area contributed by atoms with Gasteiger partial charge >= 0.3 is 0 Å². The van der Waals surface area contributed by atoms with Gasteiger partial charge in [-0.3, -0.25) is 10.4 Å². The van der Waals surface area contributed by atoms with Gasteiger partial charge in [-0.15, -0.1) is 0 Å². The Hall–Kier alpha value is -2.88. The van der Waals surface area contributed by atoms with Crippen molar-refractivity contribution < 1.29 is 4.74 Å². The molecule has 2 aromatic carbocycles. The largest absolute Gasteiger partial charge is 0.497 e. The quantitative estimate of drug-likeness (QED) is 0.584. The van der Waals surface area contributed by atoms with E-state index in [0.717, 1.165) is 33.6 Å². The van der Waals surface area contributed by atoms with Gasteiger partial charge < -0.3 is 4.74 Å². The van der Waals surface area contributed by atoms with Gasteiger partial charge in [0, 0.05) is 11.1 Å². The number of fused-ring (bicyclic) bond motifs is 1. The molecular formula is C18H17N3O. The number of hydrogen-bond donors (Lipinski definition) is 1. The fourth-order valence-electron chi connectivity index (χ4n) is 2.30. The molecule has 0 fully saturated rings. The van der Waals surface area contributed by atoms with Crippen LogP contribution in [0.5, 0.6) is 5.75 Å². The average molecular weight is 291 g/mol. The van der Waals surface area contributed by atoms with E-state index in [2.05, 4.69) is 15.5 Å². The summed E-state index contributed by atoms with van der Waals surface area (Å²) in [7, 11) is 1.65. The van der Waals surface area contributed by atoms with E-state index in [4.69, 9.17) is 4.74 Å². The van der Waals surface area contributed by atoms with Crippen molar-refractivity contribution in [3.63, 3.8) is 0 Å². The number of methoxy groups -OCH3 is 1. The number of pyridine rings is 1. The molecule has 3 aromatic rings. The zero-order valence-corrected chi connectivity index (χ0v) is 12.6. The summed E-state index contributed by atoms with van der Waals surface area (Å²) in [5.74, 6) is 0.814. The van der Waals surface area contributed by atoms with Crippen LogP contribution in [0.25, 0.3) is 10.9 Å². The van der Waals surface area contributed by atoms with Gasteiger partial charge in [0.1, 0.15) is 5.75 Å². The number of ether oxygens (including phenoxy) is 1. The summed E-state index contributed by atoms with van der Waals surface area (Å²) < 4.78 is 5.20. The molecular weight excluding hydrogens is 274 g/mol. The number of rotatable bonds is 4. The number of aryl methyl sites for hydroxylation is 1. The Morgan fingerprint density at radius 3 is 2.82 bits per heavy atom. The van der Waals surface area contributed by atoms with Crippen LogP contribution in [-0.4, -0.2) is 18.3 Å². The number of aromatic nitrogens is 1. The summed E-state index contributed by atoms with van der Waals surface area (Å²) in [5.41, 5.74) is 6.94. The minimum absolute atomic E-state index is 0.814. The molecule has 0 atom stereocenters. The summed E-state index contributed by atoms with van der Waals surface area (Å²) in [6.45, 7) is 1.98. The van der Waals surface area contributed by atoms with Crippen molar-refractivity contribution in [1.82, 2.24) is 4.98 Å². The van der Waals surface area contributed by atoms with Gasteiger partial charge in [0.05, 0.1) is 24.5 Å². The molecule has 4 nitrogen and oxygen atoms in total. The highest BCUT2D eigenvalue weighted by Crippen LogP contribution is 2.22. The number of hydrogen-bond acceptors (Lipinski definition) is 4. The predicted molar refractivity (Wildman–Crippen MR) is 90.7 cm³/mol. The van der Waals surface area contributed by atoms with Gasteiger partial charge in [0.15, 0.2) is 0 Å². The van der Waals surface area contributed by atoms with E-state index < -0.39 is 0 Å². The normalized spacial score (nSPS) is 11.0. The van der Waals surface area contributed by atoms with Crippen LogP contribution in [0, 0.1) is 6.92 Å². The van der Waals surface area contributed by atoms with Crippen molar-refractivity contribution in [2.45, 2.75) is 6.92 Å². The molecule has 22 heavy (non-hydrogen) atoms. The molecule has 0 saturated carbocycles. The van der Waals surface area contributed by atoms with Gasteiger partial charge in [0.2, 0.25) is 0 Å². The maximum absolute atomic E-state index is 5.20. The SMILES string of the molecule is COc1cccc(/C=N/Nc2cc(C)nc3ccccc23)c1. The zero-order chi connectivity index (χ0) is 15.4. The molecule has 1 aromatic heterocycles. The van der Waals surface area contributed by atoms with Crippen LogP contribution < -0.4 is 10.2 Å². The minimum atomic E-state index is 0.814. The molecule has 1 heterocycles. The van der Waals surface area contributed by atoms with Crippen LogP contribution in [0.1, 0.15) is 11.3 Å². The van der Waals surface area contributed by atoms with Crippen molar-refractivity contribution in [3.8, 4) is 5.75 Å². The van der Waals surface area contributed by atoms with E-state index in [1.165, 1.54) is 0 Å². The van der Waals surface area contributed by atoms with Gasteiger partial charge in [-0.05, 0) is 36.8 Å². The van der Waals surface area contributed by atoms with Gasteiger partial charge in [-0.2, -0.15) is 5.10 Å². The van der Waals surface area contributed by atoms with E-state index in [-0.39, 0.29) is 0 Å². The lowest BCUT2D eigenvalue weighted by atomic mass is 10.1. The minimum Gasteiger partial charge on any atom is -0.497 e. The van der Waals surface area contributed by atoms with E-state index in [1.54, 1.807) is 13.3 Å². The van der Waals surface area contributed by atoms with Crippen molar-refractivity contribution in [1.29, 1.82) is 0 Å². The number of para-hydroxylation sites is 1. The highest BCUT2D eigenvalue weighted by Gasteiger charge is 2.02. The highest BCUT2D eigenvalue weighted by molar-refractivity contribution is 5.92. The number of hydrazone groups is 1. The second kappa shape index (κ2) is 6.26. The van der Waals surface area contributed by atoms with Gasteiger partial charge in [-0.25, -0.2) is 0 Å². The summed E-state index contributed by atoms with van der Waals surface area (Å²) in [6.07, 6.45) is 1.77. The second-order valence-electron chi connectivity index (χ2n) is 4.97. The molecule has 0 aliphatic heterocycles. The molecule has 0 bridgehead atoms. The Labute approximate surface area is 129 Å². The molecule has 0 unspecified atom stereocenters. The second-order valence-corrected chi connectivity index (χ2v) is 4.97. The highest BCUT2D eigenvalue weighted by atomic mass is 16.5. The summed E-state index contributed by atoms with van der Waals surface area (Å²) in [4.78, 5) is 4.52. The standard InChI is InChI=1S/C18H17N3O/c1-13-10-18(16-8-3-4-9-17(16)20-13)21-19-12-14-6-5-7-15(11-14)22-2/h3-12H,1-2H3,(H,20,21)/b19-12+. The van der Waals surface area contributed by atoms with Crippen LogP contribution >= 0.6 is 0 Å². The predicted octanol–water partition coefficient (Wildman–Crippen LogP) is 4.00. The molecule has 0 radical (unpaired) electrons. The van der Waals surface area contributed by atoms with E-state index in [1.807, 2.05) is 61.5 Å². The van der Waals surface area contributed by atoms with E-state index >= 15 is 0 Å². The van der Waals surface area contributed by atoms with Gasteiger partial charge in [0.25, 0.3) is 0 Å². The fraction of sp³-hybridized carbons (Fsp3) is 0.111. The third-order valence-corrected chi connectivity index (χ3v) is 3.34. The molecule has 3 rings (SSSR count). The maximum atomic E-state index is 5.20. The Morgan fingerprint density at radius 2 is 1.95 bits per heavy atom. The molecule has 0 spiro atoms. The Bertz CT molecular complexity index is 827. The maximum Gasteiger partial charge on any atom is 0.119 e. The summed E-state index contributed by atoms with van der Waals surface area (Å²) in [6, 6.07) is 17.8. The molecule has 0 aliphatic rings. The summed E-state index contributed by atoms with van der Waals surface area (Å²) in [5, 5.41) is 5.37. The lowest BCUT2D eigenvalue weighted by Gasteiger charge is -2.07. The van der Waals surface area contributed by atoms with Gasteiger partial charge in [-0.1, -0.05) is 30.3 Å². The van der Waals surface area contributed by atoms with Crippen LogP contribution in [-0.2, 0) is 0 Å².